The van der Waals surface area contributed by atoms with Crippen molar-refractivity contribution in [2.75, 3.05) is 5.73 Å². The first-order chi connectivity index (χ1) is 7.99. The van der Waals surface area contributed by atoms with Gasteiger partial charge >= 0.3 is 0 Å². The molecule has 0 saturated heterocycles. The molecular formula is C10H10F2N4S. The van der Waals surface area contributed by atoms with E-state index in [0.29, 0.717) is 11.0 Å². The van der Waals surface area contributed by atoms with Crippen molar-refractivity contribution in [1.29, 1.82) is 0 Å². The molecule has 0 saturated carbocycles. The molecule has 1 heterocycles. The van der Waals surface area contributed by atoms with Crippen LogP contribution in [0, 0.1) is 18.6 Å². The molecule has 1 aromatic carbocycles. The molecule has 2 rings (SSSR count). The van der Waals surface area contributed by atoms with Gasteiger partial charge in [0.15, 0.2) is 5.16 Å². The van der Waals surface area contributed by atoms with Crippen LogP contribution in [0.2, 0.25) is 0 Å². The molecular weight excluding hydrogens is 246 g/mol. The van der Waals surface area contributed by atoms with E-state index in [9.17, 15) is 8.78 Å². The van der Waals surface area contributed by atoms with Gasteiger partial charge in [-0.3, -0.25) is 0 Å². The van der Waals surface area contributed by atoms with E-state index in [0.717, 1.165) is 23.9 Å². The van der Waals surface area contributed by atoms with E-state index in [2.05, 4.69) is 10.2 Å². The number of benzene rings is 1. The average molecular weight is 256 g/mol. The second-order valence-corrected chi connectivity index (χ2v) is 4.48. The number of nitrogens with zero attached hydrogens (tertiary/aromatic N) is 3. The fourth-order valence-electron chi connectivity index (χ4n) is 1.24. The van der Waals surface area contributed by atoms with Crippen molar-refractivity contribution in [3.05, 3.63) is 29.6 Å². The zero-order chi connectivity index (χ0) is 12.6. The van der Waals surface area contributed by atoms with Gasteiger partial charge in [0.1, 0.15) is 17.5 Å². The number of nitrogens with two attached hydrogens (primary N) is 1. The highest BCUT2D eigenvalue weighted by molar-refractivity contribution is 7.99. The largest absolute Gasteiger partial charge is 0.399 e. The summed E-state index contributed by atoms with van der Waals surface area (Å²) in [7, 11) is 1.73. The molecule has 0 fully saturated rings. The molecule has 4 nitrogen and oxygen atoms in total. The molecule has 0 unspecified atom stereocenters. The predicted molar refractivity (Wildman–Crippen MR) is 60.6 cm³/mol. The molecule has 0 bridgehead atoms. The van der Waals surface area contributed by atoms with Crippen LogP contribution in [0.25, 0.3) is 0 Å². The molecule has 2 aromatic rings. The SMILES string of the molecule is Cc1nnc(Sc2c(F)cc(N)cc2F)n1C. The smallest absolute Gasteiger partial charge is 0.195 e. The summed E-state index contributed by atoms with van der Waals surface area (Å²) < 4.78 is 28.7. The van der Waals surface area contributed by atoms with Gasteiger partial charge in [-0.2, -0.15) is 0 Å². The number of rotatable bonds is 2. The Kier molecular flexibility index (Phi) is 3.01. The Labute approximate surface area is 101 Å². The summed E-state index contributed by atoms with van der Waals surface area (Å²) >= 11 is 0.881. The molecule has 2 N–H and O–H groups in total. The van der Waals surface area contributed by atoms with Gasteiger partial charge in [0.2, 0.25) is 0 Å². The molecule has 7 heteroatoms. The zero-order valence-corrected chi connectivity index (χ0v) is 10.1. The molecule has 90 valence electrons. The average Bonchev–Trinajstić information content (AvgIpc) is 2.54. The quantitative estimate of drug-likeness (QED) is 0.836. The van der Waals surface area contributed by atoms with E-state index in [1.54, 1.807) is 18.5 Å². The lowest BCUT2D eigenvalue weighted by Crippen LogP contribution is -1.96. The number of nitrogen functional groups attached to an aromatic ring is 1. The lowest BCUT2D eigenvalue weighted by atomic mass is 10.3. The van der Waals surface area contributed by atoms with E-state index in [-0.39, 0.29) is 10.6 Å². The Morgan fingerprint density at radius 2 is 1.82 bits per heavy atom. The third-order valence-electron chi connectivity index (χ3n) is 2.27. The van der Waals surface area contributed by atoms with Gasteiger partial charge in [-0.05, 0) is 30.8 Å². The minimum Gasteiger partial charge on any atom is -0.399 e. The fraction of sp³-hybridized carbons (Fsp3) is 0.200. The second kappa shape index (κ2) is 4.33. The first-order valence-corrected chi connectivity index (χ1v) is 5.59. The topological polar surface area (TPSA) is 56.7 Å². The highest BCUT2D eigenvalue weighted by atomic mass is 32.2. The normalized spacial score (nSPS) is 10.8. The summed E-state index contributed by atoms with van der Waals surface area (Å²) in [5, 5.41) is 8.06. The summed E-state index contributed by atoms with van der Waals surface area (Å²) in [5.41, 5.74) is 5.39. The Morgan fingerprint density at radius 3 is 2.29 bits per heavy atom. The van der Waals surface area contributed by atoms with Gasteiger partial charge in [0.25, 0.3) is 0 Å². The number of hydrogen-bond acceptors (Lipinski definition) is 4. The summed E-state index contributed by atoms with van der Waals surface area (Å²) in [6.45, 7) is 1.76. The number of anilines is 1. The second-order valence-electron chi connectivity index (χ2n) is 3.50. The van der Waals surface area contributed by atoms with Crippen LogP contribution in [-0.2, 0) is 7.05 Å². The number of aryl methyl sites for hydroxylation is 1. The number of aromatic nitrogens is 3. The summed E-state index contributed by atoms with van der Waals surface area (Å²) in [6.07, 6.45) is 0. The van der Waals surface area contributed by atoms with Crippen molar-refractivity contribution in [2.45, 2.75) is 17.0 Å². The minimum atomic E-state index is -0.701. The third kappa shape index (κ3) is 2.23. The van der Waals surface area contributed by atoms with E-state index >= 15 is 0 Å². The van der Waals surface area contributed by atoms with Crippen molar-refractivity contribution in [1.82, 2.24) is 14.8 Å². The minimum absolute atomic E-state index is 0.0542. The molecule has 1 aromatic heterocycles. The fourth-order valence-corrected chi connectivity index (χ4v) is 2.09. The van der Waals surface area contributed by atoms with Crippen LogP contribution in [0.4, 0.5) is 14.5 Å². The van der Waals surface area contributed by atoms with Gasteiger partial charge in [-0.15, -0.1) is 10.2 Å². The van der Waals surface area contributed by atoms with E-state index in [1.165, 1.54) is 0 Å². The number of halogens is 2. The molecule has 0 amide bonds. The van der Waals surface area contributed by atoms with Gasteiger partial charge in [-0.25, -0.2) is 8.78 Å². The van der Waals surface area contributed by atoms with Crippen molar-refractivity contribution in [2.24, 2.45) is 7.05 Å². The third-order valence-corrected chi connectivity index (χ3v) is 3.40. The Balaban J connectivity index is 2.40. The monoisotopic (exact) mass is 256 g/mol. The van der Waals surface area contributed by atoms with Crippen molar-refractivity contribution >= 4 is 17.4 Å². The maximum Gasteiger partial charge on any atom is 0.195 e. The summed E-state index contributed by atoms with van der Waals surface area (Å²) in [6, 6.07) is 2.16. The zero-order valence-electron chi connectivity index (χ0n) is 9.24. The van der Waals surface area contributed by atoms with Crippen LogP contribution in [0.3, 0.4) is 0 Å². The van der Waals surface area contributed by atoms with Gasteiger partial charge in [0, 0.05) is 12.7 Å². The summed E-state index contributed by atoms with van der Waals surface area (Å²) in [5.74, 6) is -0.731. The molecule has 17 heavy (non-hydrogen) atoms. The molecule has 0 atom stereocenters. The van der Waals surface area contributed by atoms with Crippen molar-refractivity contribution in [3.8, 4) is 0 Å². The van der Waals surface area contributed by atoms with E-state index < -0.39 is 11.6 Å². The molecule has 0 aliphatic rings. The Bertz CT molecular complexity index is 544. The highest BCUT2D eigenvalue weighted by Crippen LogP contribution is 2.32. The van der Waals surface area contributed by atoms with Crippen molar-refractivity contribution < 1.29 is 8.78 Å². The van der Waals surface area contributed by atoms with Crippen LogP contribution in [0.1, 0.15) is 5.82 Å². The van der Waals surface area contributed by atoms with Gasteiger partial charge in [0.05, 0.1) is 4.90 Å². The van der Waals surface area contributed by atoms with Crippen LogP contribution in [0.5, 0.6) is 0 Å². The first-order valence-electron chi connectivity index (χ1n) is 4.77. The molecule has 0 radical (unpaired) electrons. The lowest BCUT2D eigenvalue weighted by Gasteiger charge is -2.05. The van der Waals surface area contributed by atoms with Crippen LogP contribution < -0.4 is 5.73 Å². The molecule has 0 aliphatic carbocycles. The van der Waals surface area contributed by atoms with Gasteiger partial charge < -0.3 is 10.3 Å². The van der Waals surface area contributed by atoms with Crippen LogP contribution in [-0.4, -0.2) is 14.8 Å². The van der Waals surface area contributed by atoms with Gasteiger partial charge in [-0.1, -0.05) is 0 Å². The lowest BCUT2D eigenvalue weighted by molar-refractivity contribution is 0.541. The Hall–Kier alpha value is -1.63. The predicted octanol–water partition coefficient (Wildman–Crippen LogP) is 2.14. The summed E-state index contributed by atoms with van der Waals surface area (Å²) in [4.78, 5) is -0.130. The Morgan fingerprint density at radius 1 is 1.24 bits per heavy atom. The van der Waals surface area contributed by atoms with E-state index in [1.807, 2.05) is 0 Å². The maximum absolute atomic E-state index is 13.5. The maximum atomic E-state index is 13.5. The molecule has 0 spiro atoms. The molecule has 0 aliphatic heterocycles. The first kappa shape index (κ1) is 11.8. The van der Waals surface area contributed by atoms with Crippen molar-refractivity contribution in [3.63, 3.8) is 0 Å². The van der Waals surface area contributed by atoms with Crippen LogP contribution >= 0.6 is 11.8 Å². The standard InChI is InChI=1S/C10H10F2N4S/c1-5-14-15-10(16(5)2)17-9-7(11)3-6(13)4-8(9)12/h3-4H,13H2,1-2H3. The number of hydrogen-bond donors (Lipinski definition) is 1. The van der Waals surface area contributed by atoms with Crippen LogP contribution in [0.15, 0.2) is 22.2 Å². The highest BCUT2D eigenvalue weighted by Gasteiger charge is 2.15. The van der Waals surface area contributed by atoms with E-state index in [4.69, 9.17) is 5.73 Å².